The summed E-state index contributed by atoms with van der Waals surface area (Å²) in [6, 6.07) is 3.86. The van der Waals surface area contributed by atoms with Gasteiger partial charge in [-0.1, -0.05) is 13.0 Å². The fourth-order valence-electron chi connectivity index (χ4n) is 6.15. The van der Waals surface area contributed by atoms with Crippen LogP contribution in [0, 0.1) is 34.3 Å². The number of halogens is 2. The first-order chi connectivity index (χ1) is 9.89. The third-order valence-electron chi connectivity index (χ3n) is 6.24. The van der Waals surface area contributed by atoms with E-state index in [-0.39, 0.29) is 5.41 Å². The first-order valence-electron chi connectivity index (χ1n) is 8.02. The summed E-state index contributed by atoms with van der Waals surface area (Å²) in [5, 5.41) is 10.9. The highest BCUT2D eigenvalue weighted by atomic mass is 19.2. The molecule has 3 heteroatoms. The first kappa shape index (κ1) is 13.7. The lowest BCUT2D eigenvalue weighted by atomic mass is 9.43. The van der Waals surface area contributed by atoms with Crippen molar-refractivity contribution >= 4 is 0 Å². The van der Waals surface area contributed by atoms with E-state index < -0.39 is 17.7 Å². The molecule has 0 aromatic heterocycles. The monoisotopic (exact) mass is 292 g/mol. The van der Waals surface area contributed by atoms with Gasteiger partial charge in [-0.3, -0.25) is 0 Å². The summed E-state index contributed by atoms with van der Waals surface area (Å²) in [7, 11) is 0. The summed E-state index contributed by atoms with van der Waals surface area (Å²) in [5.74, 6) is -0.293. The average Bonchev–Trinajstić information content (AvgIpc) is 2.38. The molecule has 0 amide bonds. The van der Waals surface area contributed by atoms with Crippen molar-refractivity contribution in [3.8, 4) is 0 Å². The molecule has 0 saturated heterocycles. The molecule has 5 rings (SSSR count). The van der Waals surface area contributed by atoms with Crippen molar-refractivity contribution in [3.05, 3.63) is 35.4 Å². The molecule has 21 heavy (non-hydrogen) atoms. The minimum absolute atomic E-state index is 0.122. The number of aliphatic hydroxyl groups is 1. The van der Waals surface area contributed by atoms with Crippen molar-refractivity contribution < 1.29 is 13.9 Å². The Hall–Kier alpha value is -0.960. The standard InChI is InChI=1S/C18H22F2O/c1-17-6-11-4-12(7-17)9-18(8-11,10-17)16(21)13-2-3-14(19)15(20)5-13/h2-3,5,11-12,16,21H,4,6-10H2,1H3. The third-order valence-corrected chi connectivity index (χ3v) is 6.24. The Morgan fingerprint density at radius 2 is 1.76 bits per heavy atom. The maximum absolute atomic E-state index is 13.5. The lowest BCUT2D eigenvalue weighted by molar-refractivity contribution is -0.155. The highest BCUT2D eigenvalue weighted by Gasteiger charge is 2.58. The van der Waals surface area contributed by atoms with Crippen molar-refractivity contribution in [1.82, 2.24) is 0 Å². The Bertz CT molecular complexity index is 569. The molecule has 0 heterocycles. The molecule has 4 saturated carbocycles. The maximum atomic E-state index is 13.5. The van der Waals surface area contributed by atoms with Crippen molar-refractivity contribution in [2.24, 2.45) is 22.7 Å². The van der Waals surface area contributed by atoms with Crippen molar-refractivity contribution in [3.63, 3.8) is 0 Å². The molecule has 3 atom stereocenters. The molecular weight excluding hydrogens is 270 g/mol. The van der Waals surface area contributed by atoms with Crippen LogP contribution in [-0.4, -0.2) is 5.11 Å². The van der Waals surface area contributed by atoms with Crippen LogP contribution in [0.1, 0.15) is 57.1 Å². The van der Waals surface area contributed by atoms with Gasteiger partial charge in [0.1, 0.15) is 0 Å². The molecular formula is C18H22F2O. The number of aliphatic hydroxyl groups excluding tert-OH is 1. The van der Waals surface area contributed by atoms with Crippen LogP contribution in [0.3, 0.4) is 0 Å². The minimum Gasteiger partial charge on any atom is -0.388 e. The molecule has 0 spiro atoms. The molecule has 0 radical (unpaired) electrons. The largest absolute Gasteiger partial charge is 0.388 e. The van der Waals surface area contributed by atoms with Crippen molar-refractivity contribution in [2.75, 3.05) is 0 Å². The van der Waals surface area contributed by atoms with Crippen molar-refractivity contribution in [2.45, 2.75) is 51.6 Å². The van der Waals surface area contributed by atoms with Gasteiger partial charge < -0.3 is 5.11 Å². The summed E-state index contributed by atoms with van der Waals surface area (Å²) in [4.78, 5) is 0. The van der Waals surface area contributed by atoms with Gasteiger partial charge in [-0.25, -0.2) is 8.78 Å². The fourth-order valence-corrected chi connectivity index (χ4v) is 6.15. The van der Waals surface area contributed by atoms with E-state index in [1.165, 1.54) is 25.3 Å². The van der Waals surface area contributed by atoms with Crippen LogP contribution in [0.25, 0.3) is 0 Å². The van der Waals surface area contributed by atoms with Gasteiger partial charge in [0.2, 0.25) is 0 Å². The highest BCUT2D eigenvalue weighted by molar-refractivity contribution is 5.24. The Labute approximate surface area is 124 Å². The van der Waals surface area contributed by atoms with E-state index in [1.807, 2.05) is 0 Å². The summed E-state index contributed by atoms with van der Waals surface area (Å²) in [6.07, 6.45) is 6.27. The van der Waals surface area contributed by atoms with Gasteiger partial charge >= 0.3 is 0 Å². The highest BCUT2D eigenvalue weighted by Crippen LogP contribution is 2.68. The SMILES string of the molecule is CC12CC3CC(C1)CC(C(O)c1ccc(F)c(F)c1)(C3)C2. The van der Waals surface area contributed by atoms with Crippen LogP contribution >= 0.6 is 0 Å². The zero-order valence-electron chi connectivity index (χ0n) is 12.4. The zero-order chi connectivity index (χ0) is 14.8. The van der Waals surface area contributed by atoms with Gasteiger partial charge in [0.25, 0.3) is 0 Å². The second-order valence-corrected chi connectivity index (χ2v) is 8.21. The molecule has 4 aliphatic carbocycles. The molecule has 4 aliphatic rings. The van der Waals surface area contributed by atoms with Crippen molar-refractivity contribution in [1.29, 1.82) is 0 Å². The number of hydrogen-bond donors (Lipinski definition) is 1. The summed E-state index contributed by atoms with van der Waals surface area (Å²) in [5.41, 5.74) is 0.756. The molecule has 3 unspecified atom stereocenters. The van der Waals surface area contributed by atoms with Crippen LogP contribution in [0.2, 0.25) is 0 Å². The summed E-state index contributed by atoms with van der Waals surface area (Å²) < 4.78 is 26.6. The molecule has 0 aliphatic heterocycles. The van der Waals surface area contributed by atoms with Crippen LogP contribution in [0.15, 0.2) is 18.2 Å². The van der Waals surface area contributed by atoms with Crippen LogP contribution < -0.4 is 0 Å². The van der Waals surface area contributed by atoms with Gasteiger partial charge in [0.05, 0.1) is 6.10 Å². The Balaban J connectivity index is 1.70. The first-order valence-corrected chi connectivity index (χ1v) is 8.02. The van der Waals surface area contributed by atoms with Gasteiger partial charge in [-0.15, -0.1) is 0 Å². The topological polar surface area (TPSA) is 20.2 Å². The molecule has 1 aromatic carbocycles. The van der Waals surface area contributed by atoms with Crippen LogP contribution in [0.5, 0.6) is 0 Å². The van der Waals surface area contributed by atoms with Gasteiger partial charge in [0, 0.05) is 5.41 Å². The lowest BCUT2D eigenvalue weighted by Crippen LogP contribution is -2.53. The minimum atomic E-state index is -0.859. The Morgan fingerprint density at radius 1 is 1.10 bits per heavy atom. The molecule has 1 N–H and O–H groups in total. The van der Waals surface area contributed by atoms with E-state index >= 15 is 0 Å². The predicted octanol–water partition coefficient (Wildman–Crippen LogP) is 4.60. The fraction of sp³-hybridized carbons (Fsp3) is 0.667. The van der Waals surface area contributed by atoms with Gasteiger partial charge in [-0.05, 0) is 73.5 Å². The Kier molecular flexibility index (Phi) is 2.79. The maximum Gasteiger partial charge on any atom is 0.159 e. The van der Waals surface area contributed by atoms with Crippen LogP contribution in [-0.2, 0) is 0 Å². The van der Waals surface area contributed by atoms with E-state index in [0.717, 1.165) is 25.3 Å². The van der Waals surface area contributed by atoms with Crippen LogP contribution in [0.4, 0.5) is 8.78 Å². The predicted molar refractivity (Wildman–Crippen MR) is 76.5 cm³/mol. The quantitative estimate of drug-likeness (QED) is 0.844. The normalized spacial score (nSPS) is 42.3. The zero-order valence-corrected chi connectivity index (χ0v) is 12.4. The van der Waals surface area contributed by atoms with E-state index in [4.69, 9.17) is 0 Å². The van der Waals surface area contributed by atoms with E-state index in [9.17, 15) is 13.9 Å². The van der Waals surface area contributed by atoms with E-state index in [2.05, 4.69) is 6.92 Å². The molecule has 1 aromatic rings. The molecule has 4 bridgehead atoms. The van der Waals surface area contributed by atoms with E-state index in [0.29, 0.717) is 22.8 Å². The number of benzene rings is 1. The molecule has 114 valence electrons. The Morgan fingerprint density at radius 3 is 2.33 bits per heavy atom. The van der Waals surface area contributed by atoms with E-state index in [1.54, 1.807) is 6.07 Å². The summed E-state index contributed by atoms with van der Waals surface area (Å²) >= 11 is 0. The summed E-state index contributed by atoms with van der Waals surface area (Å²) in [6.45, 7) is 2.34. The molecule has 1 nitrogen and oxygen atoms in total. The second kappa shape index (κ2) is 4.28. The smallest absolute Gasteiger partial charge is 0.159 e. The average molecular weight is 292 g/mol. The number of rotatable bonds is 2. The van der Waals surface area contributed by atoms with Gasteiger partial charge in [-0.2, -0.15) is 0 Å². The third kappa shape index (κ3) is 2.04. The number of hydrogen-bond acceptors (Lipinski definition) is 1. The second-order valence-electron chi connectivity index (χ2n) is 8.21. The van der Waals surface area contributed by atoms with Gasteiger partial charge in [0.15, 0.2) is 11.6 Å². The molecule has 4 fully saturated rings. The lowest BCUT2D eigenvalue weighted by Gasteiger charge is -2.62.